The highest BCUT2D eigenvalue weighted by Crippen LogP contribution is 2.29. The Morgan fingerprint density at radius 2 is 1.56 bits per heavy atom. The van der Waals surface area contributed by atoms with Gasteiger partial charge in [0.1, 0.15) is 5.52 Å². The number of nitrogens with one attached hydrogen (secondary N) is 2. The summed E-state index contributed by atoms with van der Waals surface area (Å²) >= 11 is 0. The SMILES string of the molecule is CCOC(=O)C(=O)Nc1ccc2nonc2c1NC(=O)C(=O)OCC. The largest absolute Gasteiger partial charge is 0.459 e. The van der Waals surface area contributed by atoms with E-state index < -0.39 is 23.8 Å². The van der Waals surface area contributed by atoms with Crippen molar-refractivity contribution in [2.24, 2.45) is 0 Å². The highest BCUT2D eigenvalue weighted by atomic mass is 16.6. The number of rotatable bonds is 4. The van der Waals surface area contributed by atoms with Crippen LogP contribution in [0, 0.1) is 0 Å². The smallest absolute Gasteiger partial charge is 0.397 e. The second-order valence-corrected chi connectivity index (χ2v) is 4.47. The number of benzene rings is 1. The van der Waals surface area contributed by atoms with Crippen molar-refractivity contribution in [2.45, 2.75) is 13.8 Å². The maximum atomic E-state index is 11.9. The van der Waals surface area contributed by atoms with E-state index in [-0.39, 0.29) is 35.6 Å². The summed E-state index contributed by atoms with van der Waals surface area (Å²) in [6, 6.07) is 2.79. The summed E-state index contributed by atoms with van der Waals surface area (Å²) in [6.07, 6.45) is 0. The Morgan fingerprint density at radius 3 is 2.16 bits per heavy atom. The van der Waals surface area contributed by atoms with Crippen molar-refractivity contribution >= 4 is 46.2 Å². The molecule has 0 saturated heterocycles. The van der Waals surface area contributed by atoms with Gasteiger partial charge in [-0.2, -0.15) is 0 Å². The lowest BCUT2D eigenvalue weighted by atomic mass is 10.2. The van der Waals surface area contributed by atoms with Gasteiger partial charge in [0.05, 0.1) is 24.6 Å². The van der Waals surface area contributed by atoms with Crippen LogP contribution in [-0.2, 0) is 28.7 Å². The van der Waals surface area contributed by atoms with Crippen LogP contribution in [0.15, 0.2) is 16.8 Å². The van der Waals surface area contributed by atoms with Crippen LogP contribution >= 0.6 is 0 Å². The van der Waals surface area contributed by atoms with Crippen LogP contribution < -0.4 is 10.6 Å². The fourth-order valence-electron chi connectivity index (χ4n) is 1.81. The van der Waals surface area contributed by atoms with E-state index in [2.05, 4.69) is 35.0 Å². The zero-order valence-electron chi connectivity index (χ0n) is 13.3. The molecule has 0 aliphatic heterocycles. The van der Waals surface area contributed by atoms with Crippen LogP contribution in [0.3, 0.4) is 0 Å². The van der Waals surface area contributed by atoms with Crippen molar-refractivity contribution < 1.29 is 33.3 Å². The van der Waals surface area contributed by atoms with E-state index in [0.29, 0.717) is 0 Å². The van der Waals surface area contributed by atoms with Gasteiger partial charge >= 0.3 is 23.8 Å². The van der Waals surface area contributed by atoms with Crippen molar-refractivity contribution in [1.82, 2.24) is 10.3 Å². The zero-order valence-corrected chi connectivity index (χ0v) is 13.3. The Morgan fingerprint density at radius 1 is 0.960 bits per heavy atom. The molecule has 0 aliphatic carbocycles. The molecule has 0 fully saturated rings. The summed E-state index contributed by atoms with van der Waals surface area (Å²) in [5.41, 5.74) is 0.251. The molecule has 0 radical (unpaired) electrons. The standard InChI is InChI=1S/C14H14N4O7/c1-3-23-13(21)11(19)15-7-5-6-8-10(18-25-17-8)9(7)16-12(20)14(22)24-4-2/h5-6H,3-4H2,1-2H3,(H,15,19)(H,16,20). The molecule has 2 amide bonds. The number of amides is 2. The number of carbonyl (C=O) groups is 4. The van der Waals surface area contributed by atoms with E-state index >= 15 is 0 Å². The van der Waals surface area contributed by atoms with Gasteiger partial charge in [0.25, 0.3) is 0 Å². The second-order valence-electron chi connectivity index (χ2n) is 4.47. The van der Waals surface area contributed by atoms with Crippen LogP contribution in [-0.4, -0.2) is 47.3 Å². The number of carbonyl (C=O) groups excluding carboxylic acids is 4. The first-order valence-corrected chi connectivity index (χ1v) is 7.19. The molecule has 1 heterocycles. The summed E-state index contributed by atoms with van der Waals surface area (Å²) < 4.78 is 13.7. The van der Waals surface area contributed by atoms with Crippen molar-refractivity contribution in [3.63, 3.8) is 0 Å². The summed E-state index contributed by atoms with van der Waals surface area (Å²) in [5, 5.41) is 11.7. The topological polar surface area (TPSA) is 150 Å². The van der Waals surface area contributed by atoms with E-state index in [1.165, 1.54) is 12.1 Å². The molecule has 11 heteroatoms. The third kappa shape index (κ3) is 4.07. The minimum Gasteiger partial charge on any atom is -0.459 e. The van der Waals surface area contributed by atoms with Gasteiger partial charge in [-0.3, -0.25) is 9.59 Å². The number of aromatic nitrogens is 2. The summed E-state index contributed by atoms with van der Waals surface area (Å²) in [4.78, 5) is 46.6. The maximum absolute atomic E-state index is 11.9. The Kier molecular flexibility index (Phi) is 5.61. The van der Waals surface area contributed by atoms with Gasteiger partial charge in [0.2, 0.25) is 0 Å². The second kappa shape index (κ2) is 7.86. The Hall–Kier alpha value is -3.50. The molecule has 0 saturated carbocycles. The van der Waals surface area contributed by atoms with Crippen LogP contribution in [0.4, 0.5) is 11.4 Å². The van der Waals surface area contributed by atoms with Gasteiger partial charge in [0.15, 0.2) is 5.52 Å². The number of hydrogen-bond acceptors (Lipinski definition) is 9. The summed E-state index contributed by atoms with van der Waals surface area (Å²) in [6.45, 7) is 3.11. The molecule has 0 bridgehead atoms. The predicted molar refractivity (Wildman–Crippen MR) is 82.3 cm³/mol. The first kappa shape index (κ1) is 17.8. The van der Waals surface area contributed by atoms with E-state index in [4.69, 9.17) is 0 Å². The van der Waals surface area contributed by atoms with Crippen molar-refractivity contribution in [2.75, 3.05) is 23.8 Å². The van der Waals surface area contributed by atoms with Crippen LogP contribution in [0.5, 0.6) is 0 Å². The maximum Gasteiger partial charge on any atom is 0.397 e. The lowest BCUT2D eigenvalue weighted by Gasteiger charge is -2.11. The fourth-order valence-corrected chi connectivity index (χ4v) is 1.81. The molecule has 0 aliphatic rings. The van der Waals surface area contributed by atoms with Gasteiger partial charge < -0.3 is 20.1 Å². The molecule has 0 spiro atoms. The molecule has 0 unspecified atom stereocenters. The molecule has 1 aromatic carbocycles. The van der Waals surface area contributed by atoms with E-state index in [9.17, 15) is 19.2 Å². The zero-order chi connectivity index (χ0) is 18.4. The Balaban J connectivity index is 2.33. The minimum absolute atomic E-state index is 0.00102. The highest BCUT2D eigenvalue weighted by molar-refractivity contribution is 6.40. The summed E-state index contributed by atoms with van der Waals surface area (Å²) in [7, 11) is 0. The molecule has 2 rings (SSSR count). The van der Waals surface area contributed by atoms with E-state index in [0.717, 1.165) is 0 Å². The Bertz CT molecular complexity index is 830. The average molecular weight is 350 g/mol. The number of esters is 2. The Labute approximate surface area is 140 Å². The molecule has 2 N–H and O–H groups in total. The normalized spacial score (nSPS) is 10.2. The number of nitrogens with zero attached hydrogens (tertiary/aromatic N) is 2. The monoisotopic (exact) mass is 350 g/mol. The van der Waals surface area contributed by atoms with Crippen molar-refractivity contribution in [1.29, 1.82) is 0 Å². The molecular weight excluding hydrogens is 336 g/mol. The van der Waals surface area contributed by atoms with Crippen LogP contribution in [0.25, 0.3) is 11.0 Å². The van der Waals surface area contributed by atoms with E-state index in [1.807, 2.05) is 0 Å². The molecule has 0 atom stereocenters. The van der Waals surface area contributed by atoms with Crippen LogP contribution in [0.1, 0.15) is 13.8 Å². The lowest BCUT2D eigenvalue weighted by Crippen LogP contribution is -2.28. The average Bonchev–Trinajstić information content (AvgIpc) is 3.06. The first-order chi connectivity index (χ1) is 12.0. The minimum atomic E-state index is -1.13. The molecule has 11 nitrogen and oxygen atoms in total. The third-order valence-electron chi connectivity index (χ3n) is 2.84. The van der Waals surface area contributed by atoms with Gasteiger partial charge in [-0.25, -0.2) is 14.2 Å². The molecular formula is C14H14N4O7. The number of fused-ring (bicyclic) bond motifs is 1. The molecule has 1 aromatic heterocycles. The van der Waals surface area contributed by atoms with Gasteiger partial charge in [-0.1, -0.05) is 0 Å². The first-order valence-electron chi connectivity index (χ1n) is 7.19. The van der Waals surface area contributed by atoms with E-state index in [1.54, 1.807) is 13.8 Å². The number of anilines is 2. The van der Waals surface area contributed by atoms with Crippen molar-refractivity contribution in [3.05, 3.63) is 12.1 Å². The predicted octanol–water partition coefficient (Wildman–Crippen LogP) is 0.226. The number of ether oxygens (including phenoxy) is 2. The van der Waals surface area contributed by atoms with Gasteiger partial charge in [-0.15, -0.1) is 0 Å². The van der Waals surface area contributed by atoms with Crippen LogP contribution in [0.2, 0.25) is 0 Å². The molecule has 132 valence electrons. The van der Waals surface area contributed by atoms with Gasteiger partial charge in [-0.05, 0) is 36.3 Å². The number of hydrogen-bond donors (Lipinski definition) is 2. The molecule has 2 aromatic rings. The van der Waals surface area contributed by atoms with Crippen molar-refractivity contribution in [3.8, 4) is 0 Å². The van der Waals surface area contributed by atoms with Gasteiger partial charge in [0, 0.05) is 0 Å². The fraction of sp³-hybridized carbons (Fsp3) is 0.286. The third-order valence-corrected chi connectivity index (χ3v) is 2.84. The summed E-state index contributed by atoms with van der Waals surface area (Å²) in [5.74, 6) is -4.39. The lowest BCUT2D eigenvalue weighted by molar-refractivity contribution is -0.152. The molecule has 25 heavy (non-hydrogen) atoms. The quantitative estimate of drug-likeness (QED) is 0.583. The highest BCUT2D eigenvalue weighted by Gasteiger charge is 2.23.